The van der Waals surface area contributed by atoms with Crippen molar-refractivity contribution in [2.45, 2.75) is 38.9 Å². The lowest BCUT2D eigenvalue weighted by Gasteiger charge is -2.19. The van der Waals surface area contributed by atoms with E-state index in [0.717, 1.165) is 5.56 Å². The number of fused-ring (bicyclic) bond motifs is 1. The molecule has 4 aromatic rings. The van der Waals surface area contributed by atoms with Crippen LogP contribution in [0.1, 0.15) is 35.8 Å². The second kappa shape index (κ2) is 11.6. The van der Waals surface area contributed by atoms with E-state index in [-0.39, 0.29) is 23.8 Å². The molecule has 1 unspecified atom stereocenters. The predicted molar refractivity (Wildman–Crippen MR) is 141 cm³/mol. The summed E-state index contributed by atoms with van der Waals surface area (Å²) in [5.74, 6) is 0.0167. The molecule has 36 heavy (non-hydrogen) atoms. The first-order valence-electron chi connectivity index (χ1n) is 11.7. The fourth-order valence-electron chi connectivity index (χ4n) is 4.01. The van der Waals surface area contributed by atoms with Gasteiger partial charge in [-0.1, -0.05) is 66.2 Å². The summed E-state index contributed by atoms with van der Waals surface area (Å²) in [7, 11) is 0. The number of hydrogen-bond acceptors (Lipinski definition) is 4. The molecule has 4 rings (SSSR count). The van der Waals surface area contributed by atoms with E-state index in [0.29, 0.717) is 46.8 Å². The Bertz CT molecular complexity index is 1420. The lowest BCUT2D eigenvalue weighted by atomic mass is 10.1. The van der Waals surface area contributed by atoms with Crippen molar-refractivity contribution in [1.82, 2.24) is 20.2 Å². The van der Waals surface area contributed by atoms with E-state index < -0.39 is 6.04 Å². The van der Waals surface area contributed by atoms with Gasteiger partial charge in [0.25, 0.3) is 5.56 Å². The summed E-state index contributed by atoms with van der Waals surface area (Å²) in [6, 6.07) is 22.7. The number of carbonyl (C=O) groups is 2. The third kappa shape index (κ3) is 6.17. The van der Waals surface area contributed by atoms with Crippen LogP contribution < -0.4 is 16.2 Å². The Kier molecular flexibility index (Phi) is 8.13. The van der Waals surface area contributed by atoms with Crippen LogP contribution in [-0.2, 0) is 22.7 Å². The van der Waals surface area contributed by atoms with Gasteiger partial charge in [-0.05, 0) is 48.7 Å². The van der Waals surface area contributed by atoms with Crippen LogP contribution in [0.5, 0.6) is 0 Å². The number of para-hydroxylation sites is 1. The Morgan fingerprint density at radius 2 is 1.67 bits per heavy atom. The van der Waals surface area contributed by atoms with Crippen molar-refractivity contribution in [1.29, 1.82) is 0 Å². The van der Waals surface area contributed by atoms with Gasteiger partial charge in [-0.15, -0.1) is 0 Å². The number of halogens is 1. The van der Waals surface area contributed by atoms with Gasteiger partial charge in [0.1, 0.15) is 11.9 Å². The Morgan fingerprint density at radius 3 is 2.42 bits per heavy atom. The van der Waals surface area contributed by atoms with Crippen molar-refractivity contribution in [3.05, 3.63) is 111 Å². The molecule has 0 bridgehead atoms. The van der Waals surface area contributed by atoms with Crippen molar-refractivity contribution in [3.8, 4) is 0 Å². The Morgan fingerprint density at radius 1 is 0.972 bits per heavy atom. The van der Waals surface area contributed by atoms with Crippen molar-refractivity contribution < 1.29 is 9.59 Å². The second-order valence-electron chi connectivity index (χ2n) is 8.49. The average Bonchev–Trinajstić information content (AvgIpc) is 2.89. The fraction of sp³-hybridized carbons (Fsp3) is 0.214. The highest BCUT2D eigenvalue weighted by Gasteiger charge is 2.22. The predicted octanol–water partition coefficient (Wildman–Crippen LogP) is 4.31. The number of carbonyl (C=O) groups excluding carboxylic acids is 2. The van der Waals surface area contributed by atoms with Crippen molar-refractivity contribution in [2.24, 2.45) is 0 Å². The smallest absolute Gasteiger partial charge is 0.261 e. The van der Waals surface area contributed by atoms with Gasteiger partial charge in [-0.25, -0.2) is 4.98 Å². The van der Waals surface area contributed by atoms with Gasteiger partial charge in [0, 0.05) is 24.5 Å². The number of nitrogens with one attached hydrogen (secondary N) is 2. The molecule has 3 aromatic carbocycles. The normalized spacial score (nSPS) is 11.7. The highest BCUT2D eigenvalue weighted by atomic mass is 35.5. The molecular weight excluding hydrogens is 476 g/mol. The maximum atomic E-state index is 13.0. The van der Waals surface area contributed by atoms with E-state index in [9.17, 15) is 14.4 Å². The van der Waals surface area contributed by atoms with Crippen molar-refractivity contribution >= 4 is 34.3 Å². The highest BCUT2D eigenvalue weighted by Crippen LogP contribution is 2.15. The number of amides is 2. The van der Waals surface area contributed by atoms with Gasteiger partial charge in [-0.2, -0.15) is 0 Å². The minimum absolute atomic E-state index is 0.123. The van der Waals surface area contributed by atoms with Crippen LogP contribution in [0.2, 0.25) is 5.02 Å². The molecule has 0 saturated carbocycles. The van der Waals surface area contributed by atoms with Crippen LogP contribution in [-0.4, -0.2) is 21.4 Å². The van der Waals surface area contributed by atoms with Crippen LogP contribution in [0.4, 0.5) is 0 Å². The molecule has 0 aliphatic rings. The average molecular weight is 503 g/mol. The molecule has 1 atom stereocenters. The van der Waals surface area contributed by atoms with E-state index in [1.54, 1.807) is 47.9 Å². The maximum Gasteiger partial charge on any atom is 0.261 e. The lowest BCUT2D eigenvalue weighted by Crippen LogP contribution is -2.40. The van der Waals surface area contributed by atoms with E-state index in [1.165, 1.54) is 0 Å². The first kappa shape index (κ1) is 25.1. The largest absolute Gasteiger partial charge is 0.350 e. The lowest BCUT2D eigenvalue weighted by molar-refractivity contribution is -0.129. The summed E-state index contributed by atoms with van der Waals surface area (Å²) >= 11 is 5.93. The van der Waals surface area contributed by atoms with Gasteiger partial charge >= 0.3 is 0 Å². The number of aryl methyl sites for hydroxylation is 1. The van der Waals surface area contributed by atoms with E-state index in [1.807, 2.05) is 42.5 Å². The van der Waals surface area contributed by atoms with Crippen LogP contribution in [0.25, 0.3) is 10.9 Å². The van der Waals surface area contributed by atoms with Crippen LogP contribution in [0.3, 0.4) is 0 Å². The topological polar surface area (TPSA) is 93.1 Å². The fourth-order valence-corrected chi connectivity index (χ4v) is 4.14. The van der Waals surface area contributed by atoms with Gasteiger partial charge in [0.05, 0.1) is 10.9 Å². The minimum atomic E-state index is -0.835. The first-order chi connectivity index (χ1) is 17.4. The summed E-state index contributed by atoms with van der Waals surface area (Å²) in [6.45, 7) is 2.45. The van der Waals surface area contributed by atoms with Crippen LogP contribution >= 0.6 is 11.6 Å². The molecule has 8 heteroatoms. The third-order valence-corrected chi connectivity index (χ3v) is 6.17. The van der Waals surface area contributed by atoms with Gasteiger partial charge in [-0.3, -0.25) is 19.0 Å². The number of hydrogen-bond donors (Lipinski definition) is 2. The Labute approximate surface area is 214 Å². The summed E-state index contributed by atoms with van der Waals surface area (Å²) < 4.78 is 1.59. The molecule has 7 nitrogen and oxygen atoms in total. The van der Waals surface area contributed by atoms with E-state index in [4.69, 9.17) is 11.6 Å². The molecule has 0 saturated heterocycles. The number of rotatable bonds is 9. The zero-order chi connectivity index (χ0) is 25.5. The summed E-state index contributed by atoms with van der Waals surface area (Å²) in [4.78, 5) is 43.2. The van der Waals surface area contributed by atoms with Crippen LogP contribution in [0.15, 0.2) is 83.7 Å². The van der Waals surface area contributed by atoms with E-state index >= 15 is 0 Å². The number of benzene rings is 3. The molecule has 1 aromatic heterocycles. The van der Waals surface area contributed by atoms with Crippen molar-refractivity contribution in [2.75, 3.05) is 0 Å². The molecular formula is C28H27ClN4O3. The monoisotopic (exact) mass is 502 g/mol. The maximum absolute atomic E-state index is 13.0. The zero-order valence-electron chi connectivity index (χ0n) is 19.9. The standard InChI is InChI=1S/C28H27ClN4O3/c1-19-31-24-11-6-5-10-23(24)28(36)33(19)17-7-12-25(34)32-26(21-8-3-2-4-9-21)27(35)30-18-20-13-15-22(29)16-14-20/h2-6,8-11,13-16,26H,7,12,17-18H2,1H3,(H,30,35)(H,32,34). The Balaban J connectivity index is 1.39. The van der Waals surface area contributed by atoms with Crippen molar-refractivity contribution in [3.63, 3.8) is 0 Å². The quantitative estimate of drug-likeness (QED) is 0.356. The van der Waals surface area contributed by atoms with Crippen LogP contribution in [0, 0.1) is 6.92 Å². The first-order valence-corrected chi connectivity index (χ1v) is 12.1. The highest BCUT2D eigenvalue weighted by molar-refractivity contribution is 6.30. The molecule has 0 aliphatic heterocycles. The molecule has 0 radical (unpaired) electrons. The van der Waals surface area contributed by atoms with Gasteiger partial charge in [0.2, 0.25) is 11.8 Å². The van der Waals surface area contributed by atoms with Gasteiger partial charge in [0.15, 0.2) is 0 Å². The summed E-state index contributed by atoms with van der Waals surface area (Å²) in [6.07, 6.45) is 0.590. The summed E-state index contributed by atoms with van der Waals surface area (Å²) in [5.41, 5.74) is 2.12. The molecule has 0 aliphatic carbocycles. The number of aromatic nitrogens is 2. The second-order valence-corrected chi connectivity index (χ2v) is 8.93. The van der Waals surface area contributed by atoms with E-state index in [2.05, 4.69) is 15.6 Å². The Hall–Kier alpha value is -3.97. The molecule has 184 valence electrons. The minimum Gasteiger partial charge on any atom is -0.350 e. The van der Waals surface area contributed by atoms with Gasteiger partial charge < -0.3 is 10.6 Å². The molecule has 2 amide bonds. The number of nitrogens with zero attached hydrogens (tertiary/aromatic N) is 2. The zero-order valence-corrected chi connectivity index (χ0v) is 20.7. The summed E-state index contributed by atoms with van der Waals surface area (Å²) in [5, 5.41) is 6.91. The molecule has 2 N–H and O–H groups in total. The molecule has 1 heterocycles. The molecule has 0 spiro atoms. The SMILES string of the molecule is Cc1nc2ccccc2c(=O)n1CCCC(=O)NC(C(=O)NCc1ccc(Cl)cc1)c1ccccc1. The third-order valence-electron chi connectivity index (χ3n) is 5.92. The molecule has 0 fully saturated rings.